The highest BCUT2D eigenvalue weighted by Gasteiger charge is 2.12. The molecule has 148 valence electrons. The molecule has 0 fully saturated rings. The van der Waals surface area contributed by atoms with E-state index in [-0.39, 0.29) is 11.3 Å². The minimum atomic E-state index is -0.410. The molecule has 0 saturated heterocycles. The molecular weight excluding hydrogens is 388 g/mol. The fraction of sp³-hybridized carbons (Fsp3) is 0.250. The van der Waals surface area contributed by atoms with Crippen LogP contribution in [0.4, 0.5) is 5.69 Å². The van der Waals surface area contributed by atoms with Gasteiger partial charge >= 0.3 is 0 Å². The molecule has 9 heteroatoms. The molecule has 4 rings (SSSR count). The minimum Gasteiger partial charge on any atom is -0.378 e. The monoisotopic (exact) mass is 408 g/mol. The molecule has 0 saturated carbocycles. The second-order valence-electron chi connectivity index (χ2n) is 7.06. The van der Waals surface area contributed by atoms with E-state index in [4.69, 9.17) is 0 Å². The first kappa shape index (κ1) is 19.0. The maximum atomic E-state index is 12.8. The summed E-state index contributed by atoms with van der Waals surface area (Å²) >= 11 is 1.15. The van der Waals surface area contributed by atoms with Crippen LogP contribution in [0.25, 0.3) is 11.0 Å². The van der Waals surface area contributed by atoms with E-state index < -0.39 is 5.56 Å². The van der Waals surface area contributed by atoms with Crippen molar-refractivity contribution in [1.82, 2.24) is 24.4 Å². The summed E-state index contributed by atoms with van der Waals surface area (Å²) in [6, 6.07) is 7.85. The zero-order chi connectivity index (χ0) is 20.7. The van der Waals surface area contributed by atoms with Crippen LogP contribution in [-0.4, -0.2) is 38.5 Å². The van der Waals surface area contributed by atoms with E-state index in [0.717, 1.165) is 33.8 Å². The molecule has 0 radical (unpaired) electrons. The van der Waals surface area contributed by atoms with Crippen LogP contribution in [0.15, 0.2) is 40.1 Å². The first-order valence-electron chi connectivity index (χ1n) is 9.03. The average molecular weight is 408 g/mol. The van der Waals surface area contributed by atoms with Gasteiger partial charge in [-0.2, -0.15) is 19.7 Å². The van der Waals surface area contributed by atoms with Crippen LogP contribution in [-0.2, 0) is 13.5 Å². The molecule has 4 aromatic rings. The van der Waals surface area contributed by atoms with Gasteiger partial charge in [-0.05, 0) is 30.7 Å². The van der Waals surface area contributed by atoms with Gasteiger partial charge in [-0.25, -0.2) is 0 Å². The first-order chi connectivity index (χ1) is 13.8. The van der Waals surface area contributed by atoms with Crippen LogP contribution >= 0.6 is 11.3 Å². The predicted octanol–water partition coefficient (Wildman–Crippen LogP) is 0.758. The number of hydrogen-bond donors (Lipinski definition) is 0. The summed E-state index contributed by atoms with van der Waals surface area (Å²) in [5.74, 6) is 0. The number of benzene rings is 1. The SMILES string of the molecule is Cc1nn(C)cc1C=c1sc2nc(=O)c(Cc3ccc(N(C)C)cc3)nn2c1=O. The first-order valence-corrected chi connectivity index (χ1v) is 9.84. The van der Waals surface area contributed by atoms with Gasteiger partial charge in [0.25, 0.3) is 11.1 Å². The lowest BCUT2D eigenvalue weighted by atomic mass is 10.1. The molecule has 0 aliphatic heterocycles. The lowest BCUT2D eigenvalue weighted by Crippen LogP contribution is -2.28. The summed E-state index contributed by atoms with van der Waals surface area (Å²) < 4.78 is 3.37. The molecule has 0 atom stereocenters. The van der Waals surface area contributed by atoms with Crippen molar-refractivity contribution in [2.75, 3.05) is 19.0 Å². The topological polar surface area (TPSA) is 85.4 Å². The van der Waals surface area contributed by atoms with E-state index in [1.54, 1.807) is 10.8 Å². The molecule has 1 aromatic carbocycles. The van der Waals surface area contributed by atoms with Crippen LogP contribution in [0, 0.1) is 6.92 Å². The van der Waals surface area contributed by atoms with Crippen LogP contribution in [0.2, 0.25) is 0 Å². The molecule has 0 amide bonds. The Morgan fingerprint density at radius 2 is 1.86 bits per heavy atom. The van der Waals surface area contributed by atoms with Crippen LogP contribution in [0.3, 0.4) is 0 Å². The number of anilines is 1. The zero-order valence-corrected chi connectivity index (χ0v) is 17.4. The molecule has 0 spiro atoms. The Morgan fingerprint density at radius 1 is 1.14 bits per heavy atom. The Morgan fingerprint density at radius 3 is 2.48 bits per heavy atom. The summed E-state index contributed by atoms with van der Waals surface area (Å²) in [5, 5.41) is 8.59. The second kappa shape index (κ2) is 7.25. The summed E-state index contributed by atoms with van der Waals surface area (Å²) in [6.07, 6.45) is 3.92. The van der Waals surface area contributed by atoms with Gasteiger partial charge in [0.05, 0.1) is 10.2 Å². The quantitative estimate of drug-likeness (QED) is 0.496. The number of fused-ring (bicyclic) bond motifs is 1. The van der Waals surface area contributed by atoms with Crippen molar-refractivity contribution in [2.45, 2.75) is 13.3 Å². The molecular formula is C20H20N6O2S. The van der Waals surface area contributed by atoms with Gasteiger partial charge in [-0.15, -0.1) is 0 Å². The normalized spacial score (nSPS) is 12.1. The van der Waals surface area contributed by atoms with Crippen molar-refractivity contribution in [3.63, 3.8) is 0 Å². The number of thiazole rings is 1. The van der Waals surface area contributed by atoms with E-state index >= 15 is 0 Å². The van der Waals surface area contributed by atoms with Gasteiger partial charge in [0, 0.05) is 45.0 Å². The molecule has 0 aliphatic carbocycles. The van der Waals surface area contributed by atoms with Gasteiger partial charge in [-0.3, -0.25) is 14.3 Å². The van der Waals surface area contributed by atoms with Crippen molar-refractivity contribution in [3.8, 4) is 0 Å². The lowest BCUT2D eigenvalue weighted by molar-refractivity contribution is 0.756. The third-order valence-electron chi connectivity index (χ3n) is 4.61. The number of nitrogens with zero attached hydrogens (tertiary/aromatic N) is 6. The molecule has 0 N–H and O–H groups in total. The molecule has 3 heterocycles. The Balaban J connectivity index is 1.75. The maximum Gasteiger partial charge on any atom is 0.296 e. The average Bonchev–Trinajstić information content (AvgIpc) is 3.14. The van der Waals surface area contributed by atoms with E-state index in [1.807, 2.05) is 63.4 Å². The Hall–Kier alpha value is -3.33. The highest BCUT2D eigenvalue weighted by molar-refractivity contribution is 7.15. The maximum absolute atomic E-state index is 12.8. The van der Waals surface area contributed by atoms with Gasteiger partial charge in [0.2, 0.25) is 4.96 Å². The zero-order valence-electron chi connectivity index (χ0n) is 16.6. The fourth-order valence-electron chi connectivity index (χ4n) is 3.06. The van der Waals surface area contributed by atoms with E-state index in [1.165, 1.54) is 4.52 Å². The van der Waals surface area contributed by atoms with Crippen LogP contribution in [0.5, 0.6) is 0 Å². The van der Waals surface area contributed by atoms with Crippen molar-refractivity contribution in [3.05, 3.63) is 78.2 Å². The van der Waals surface area contributed by atoms with E-state index in [0.29, 0.717) is 15.9 Å². The smallest absolute Gasteiger partial charge is 0.296 e. The van der Waals surface area contributed by atoms with Crippen molar-refractivity contribution >= 4 is 28.1 Å². The fourth-order valence-corrected chi connectivity index (χ4v) is 3.95. The Labute approximate surface area is 170 Å². The van der Waals surface area contributed by atoms with E-state index in [2.05, 4.69) is 15.2 Å². The molecule has 0 unspecified atom stereocenters. The van der Waals surface area contributed by atoms with Gasteiger partial charge in [-0.1, -0.05) is 23.5 Å². The highest BCUT2D eigenvalue weighted by Crippen LogP contribution is 2.13. The van der Waals surface area contributed by atoms with Gasteiger partial charge in [0.15, 0.2) is 0 Å². The lowest BCUT2D eigenvalue weighted by Gasteiger charge is -2.12. The Bertz CT molecular complexity index is 1370. The number of rotatable bonds is 4. The van der Waals surface area contributed by atoms with Crippen LogP contribution < -0.4 is 20.6 Å². The van der Waals surface area contributed by atoms with Crippen molar-refractivity contribution in [1.29, 1.82) is 0 Å². The second-order valence-corrected chi connectivity index (χ2v) is 8.06. The highest BCUT2D eigenvalue weighted by atomic mass is 32.1. The largest absolute Gasteiger partial charge is 0.378 e. The number of aryl methyl sites for hydroxylation is 2. The number of hydrogen-bond acceptors (Lipinski definition) is 7. The molecule has 8 nitrogen and oxygen atoms in total. The standard InChI is InChI=1S/C20H20N6O2S/c1-12-14(11-25(4)22-12)10-17-19(28)26-20(29-17)21-18(27)16(23-26)9-13-5-7-15(8-6-13)24(2)3/h5-8,10-11H,9H2,1-4H3. The van der Waals surface area contributed by atoms with Crippen molar-refractivity contribution in [2.24, 2.45) is 7.05 Å². The molecule has 0 aliphatic rings. The van der Waals surface area contributed by atoms with Crippen molar-refractivity contribution < 1.29 is 0 Å². The molecule has 0 bridgehead atoms. The third-order valence-corrected chi connectivity index (χ3v) is 5.57. The Kier molecular flexibility index (Phi) is 4.75. The summed E-state index contributed by atoms with van der Waals surface area (Å²) in [5.41, 5.74) is 3.22. The summed E-state index contributed by atoms with van der Waals surface area (Å²) in [7, 11) is 5.76. The predicted molar refractivity (Wildman–Crippen MR) is 114 cm³/mol. The third kappa shape index (κ3) is 3.68. The molecule has 3 aromatic heterocycles. The summed E-state index contributed by atoms with van der Waals surface area (Å²) in [6.45, 7) is 1.88. The summed E-state index contributed by atoms with van der Waals surface area (Å²) in [4.78, 5) is 31.6. The minimum absolute atomic E-state index is 0.249. The van der Waals surface area contributed by atoms with Gasteiger partial charge < -0.3 is 4.90 Å². The van der Waals surface area contributed by atoms with E-state index in [9.17, 15) is 9.59 Å². The van der Waals surface area contributed by atoms with Crippen LogP contribution in [0.1, 0.15) is 22.5 Å². The molecule has 29 heavy (non-hydrogen) atoms. The van der Waals surface area contributed by atoms with Gasteiger partial charge in [0.1, 0.15) is 5.69 Å². The number of aromatic nitrogens is 5.